The van der Waals surface area contributed by atoms with E-state index in [2.05, 4.69) is 15.8 Å². The number of anilines is 1. The maximum Gasteiger partial charge on any atom is 0.319 e. The number of rotatable bonds is 3. The van der Waals surface area contributed by atoms with Gasteiger partial charge in [-0.25, -0.2) is 4.79 Å². The molecule has 3 rings (SSSR count). The average molecular weight is 372 g/mol. The van der Waals surface area contributed by atoms with Crippen LogP contribution in [0.4, 0.5) is 10.5 Å². The van der Waals surface area contributed by atoms with Crippen LogP contribution in [-0.4, -0.2) is 28.7 Å². The van der Waals surface area contributed by atoms with Gasteiger partial charge >= 0.3 is 6.03 Å². The number of benzene rings is 1. The fraction of sp³-hybridized carbons (Fsp3) is 0.333. The molecule has 1 saturated heterocycles. The Morgan fingerprint density at radius 1 is 1.39 bits per heavy atom. The van der Waals surface area contributed by atoms with Crippen LogP contribution in [-0.2, 0) is 0 Å². The van der Waals surface area contributed by atoms with Crippen LogP contribution in [0.2, 0.25) is 10.0 Å². The first-order chi connectivity index (χ1) is 11.1. The third-order valence-corrected chi connectivity index (χ3v) is 5.36. The molecule has 2 amide bonds. The number of carbonyl (C=O) groups excluding carboxylic acids is 1. The van der Waals surface area contributed by atoms with Crippen LogP contribution in [0.25, 0.3) is 11.3 Å². The summed E-state index contributed by atoms with van der Waals surface area (Å²) >= 11 is 14.3. The van der Waals surface area contributed by atoms with Gasteiger partial charge in [0.25, 0.3) is 0 Å². The second-order valence-corrected chi connectivity index (χ2v) is 7.18. The van der Waals surface area contributed by atoms with Crippen LogP contribution >= 0.6 is 35.0 Å². The SMILES string of the molecule is Cc1onc(-c2c(Cl)cccc2Cl)c1NC(=O)N[C@H]1CCSC1. The molecular formula is C15H15Cl2N3O2S. The Labute approximate surface area is 148 Å². The summed E-state index contributed by atoms with van der Waals surface area (Å²) in [6.07, 6.45) is 0.976. The first-order valence-corrected chi connectivity index (χ1v) is 9.03. The zero-order chi connectivity index (χ0) is 16.4. The van der Waals surface area contributed by atoms with Crippen LogP contribution in [0.3, 0.4) is 0 Å². The minimum Gasteiger partial charge on any atom is -0.359 e. The van der Waals surface area contributed by atoms with Crippen LogP contribution in [0.15, 0.2) is 22.7 Å². The lowest BCUT2D eigenvalue weighted by molar-refractivity contribution is 0.249. The molecule has 0 radical (unpaired) electrons. The minimum absolute atomic E-state index is 0.188. The Morgan fingerprint density at radius 2 is 2.13 bits per heavy atom. The quantitative estimate of drug-likeness (QED) is 0.827. The number of hydrogen-bond donors (Lipinski definition) is 2. The van der Waals surface area contributed by atoms with E-state index >= 15 is 0 Å². The van der Waals surface area contributed by atoms with Gasteiger partial charge in [0.2, 0.25) is 0 Å². The largest absolute Gasteiger partial charge is 0.359 e. The maximum atomic E-state index is 12.2. The van der Waals surface area contributed by atoms with E-state index in [0.717, 1.165) is 17.9 Å². The van der Waals surface area contributed by atoms with Crippen molar-refractivity contribution in [1.82, 2.24) is 10.5 Å². The molecule has 1 fully saturated rings. The van der Waals surface area contributed by atoms with E-state index in [9.17, 15) is 4.79 Å². The first-order valence-electron chi connectivity index (χ1n) is 7.12. The molecule has 8 heteroatoms. The smallest absolute Gasteiger partial charge is 0.319 e. The molecule has 2 heterocycles. The zero-order valence-electron chi connectivity index (χ0n) is 12.4. The molecule has 0 spiro atoms. The summed E-state index contributed by atoms with van der Waals surface area (Å²) in [5.41, 5.74) is 1.44. The molecule has 0 unspecified atom stereocenters. The highest BCUT2D eigenvalue weighted by Gasteiger charge is 2.23. The van der Waals surface area contributed by atoms with Gasteiger partial charge in [-0.1, -0.05) is 34.4 Å². The third kappa shape index (κ3) is 3.59. The lowest BCUT2D eigenvalue weighted by Crippen LogP contribution is -2.37. The molecule has 1 atom stereocenters. The van der Waals surface area contributed by atoms with Crippen molar-refractivity contribution in [2.45, 2.75) is 19.4 Å². The zero-order valence-corrected chi connectivity index (χ0v) is 14.7. The van der Waals surface area contributed by atoms with Gasteiger partial charge in [0, 0.05) is 17.4 Å². The van der Waals surface area contributed by atoms with E-state index in [1.807, 2.05) is 11.8 Å². The average Bonchev–Trinajstić information content (AvgIpc) is 3.11. The number of aryl methyl sites for hydroxylation is 1. The van der Waals surface area contributed by atoms with Crippen LogP contribution in [0.1, 0.15) is 12.2 Å². The standard InChI is InChI=1S/C15H15Cl2N3O2S/c1-8-13(19-15(21)18-9-5-6-23-7-9)14(20-22-8)12-10(16)3-2-4-11(12)17/h2-4,9H,5-7H2,1H3,(H2,18,19,21)/t9-/m0/s1. The summed E-state index contributed by atoms with van der Waals surface area (Å²) in [6.45, 7) is 1.72. The molecule has 1 aromatic carbocycles. The van der Waals surface area contributed by atoms with Gasteiger partial charge in [0.15, 0.2) is 5.76 Å². The summed E-state index contributed by atoms with van der Waals surface area (Å²) in [7, 11) is 0. The summed E-state index contributed by atoms with van der Waals surface area (Å²) in [4.78, 5) is 12.2. The van der Waals surface area contributed by atoms with Crippen molar-refractivity contribution in [3.05, 3.63) is 34.0 Å². The summed E-state index contributed by atoms with van der Waals surface area (Å²) in [6, 6.07) is 5.08. The Hall–Kier alpha value is -1.37. The Kier molecular flexibility index (Phi) is 5.04. The van der Waals surface area contributed by atoms with E-state index in [-0.39, 0.29) is 12.1 Å². The number of aromatic nitrogens is 1. The molecule has 0 saturated carbocycles. The van der Waals surface area contributed by atoms with E-state index in [0.29, 0.717) is 32.8 Å². The fourth-order valence-electron chi connectivity index (χ4n) is 2.40. The molecule has 0 bridgehead atoms. The second kappa shape index (κ2) is 7.03. The minimum atomic E-state index is -0.284. The highest BCUT2D eigenvalue weighted by atomic mass is 35.5. The van der Waals surface area contributed by atoms with E-state index < -0.39 is 0 Å². The molecule has 5 nitrogen and oxygen atoms in total. The lowest BCUT2D eigenvalue weighted by atomic mass is 10.1. The van der Waals surface area contributed by atoms with Crippen molar-refractivity contribution in [3.63, 3.8) is 0 Å². The van der Waals surface area contributed by atoms with Crippen molar-refractivity contribution in [2.24, 2.45) is 0 Å². The van der Waals surface area contributed by atoms with Gasteiger partial charge < -0.3 is 15.2 Å². The highest BCUT2D eigenvalue weighted by molar-refractivity contribution is 7.99. The molecule has 122 valence electrons. The normalized spacial score (nSPS) is 17.3. The van der Waals surface area contributed by atoms with Crippen molar-refractivity contribution >= 4 is 46.7 Å². The summed E-state index contributed by atoms with van der Waals surface area (Å²) < 4.78 is 5.22. The summed E-state index contributed by atoms with van der Waals surface area (Å²) in [5.74, 6) is 2.49. The molecule has 23 heavy (non-hydrogen) atoms. The van der Waals surface area contributed by atoms with Gasteiger partial charge in [-0.15, -0.1) is 0 Å². The van der Waals surface area contributed by atoms with Crippen LogP contribution in [0.5, 0.6) is 0 Å². The maximum absolute atomic E-state index is 12.2. The van der Waals surface area contributed by atoms with E-state index in [1.165, 1.54) is 0 Å². The number of nitrogens with zero attached hydrogens (tertiary/aromatic N) is 1. The van der Waals surface area contributed by atoms with Crippen molar-refractivity contribution < 1.29 is 9.32 Å². The number of nitrogens with one attached hydrogen (secondary N) is 2. The Morgan fingerprint density at radius 3 is 2.78 bits per heavy atom. The lowest BCUT2D eigenvalue weighted by Gasteiger charge is -2.13. The van der Waals surface area contributed by atoms with Gasteiger partial charge in [-0.3, -0.25) is 0 Å². The molecular weight excluding hydrogens is 357 g/mol. The van der Waals surface area contributed by atoms with E-state index in [1.54, 1.807) is 25.1 Å². The Balaban J connectivity index is 1.85. The highest BCUT2D eigenvalue weighted by Crippen LogP contribution is 2.39. The molecule has 0 aliphatic carbocycles. The molecule has 2 N–H and O–H groups in total. The Bertz CT molecular complexity index is 709. The van der Waals surface area contributed by atoms with Crippen molar-refractivity contribution in [1.29, 1.82) is 0 Å². The van der Waals surface area contributed by atoms with Crippen molar-refractivity contribution in [3.8, 4) is 11.3 Å². The van der Waals surface area contributed by atoms with Gasteiger partial charge in [0.05, 0.1) is 10.0 Å². The number of carbonyl (C=O) groups is 1. The van der Waals surface area contributed by atoms with Crippen LogP contribution in [0, 0.1) is 6.92 Å². The predicted molar refractivity (Wildman–Crippen MR) is 94.6 cm³/mol. The molecule has 2 aromatic rings. The van der Waals surface area contributed by atoms with Crippen molar-refractivity contribution in [2.75, 3.05) is 16.8 Å². The number of hydrogen-bond acceptors (Lipinski definition) is 4. The van der Waals surface area contributed by atoms with Gasteiger partial charge in [-0.2, -0.15) is 11.8 Å². The first kappa shape index (κ1) is 16.5. The predicted octanol–water partition coefficient (Wildman–Crippen LogP) is 4.58. The fourth-order valence-corrected chi connectivity index (χ4v) is 4.13. The molecule has 1 aliphatic heterocycles. The van der Waals surface area contributed by atoms with Gasteiger partial charge in [-0.05, 0) is 31.2 Å². The molecule has 1 aliphatic rings. The summed E-state index contributed by atoms with van der Waals surface area (Å²) in [5, 5.41) is 10.6. The number of urea groups is 1. The molecule has 1 aromatic heterocycles. The monoisotopic (exact) mass is 371 g/mol. The van der Waals surface area contributed by atoms with Crippen LogP contribution < -0.4 is 10.6 Å². The number of amides is 2. The third-order valence-electron chi connectivity index (χ3n) is 3.57. The van der Waals surface area contributed by atoms with Gasteiger partial charge in [0.1, 0.15) is 11.4 Å². The second-order valence-electron chi connectivity index (χ2n) is 5.22. The number of halogens is 2. The number of thioether (sulfide) groups is 1. The van der Waals surface area contributed by atoms with E-state index in [4.69, 9.17) is 27.7 Å². The topological polar surface area (TPSA) is 67.2 Å².